The molecule has 0 aliphatic rings. The van der Waals surface area contributed by atoms with Crippen LogP contribution in [-0.2, 0) is 11.8 Å². The normalized spacial score (nSPS) is 10.7. The first-order valence-electron chi connectivity index (χ1n) is 12.6. The Balaban J connectivity index is 0.00000462. The zero-order valence-electron chi connectivity index (χ0n) is 23.6. The van der Waals surface area contributed by atoms with Gasteiger partial charge < -0.3 is 34.8 Å². The quantitative estimate of drug-likeness (QED) is 0.218. The number of nitrogens with one attached hydrogen (secondary N) is 2. The summed E-state index contributed by atoms with van der Waals surface area (Å²) in [7, 11) is 9.35. The highest BCUT2D eigenvalue weighted by molar-refractivity contribution is 6.03. The number of hydrogen-bond acceptors (Lipinski definition) is 8. The zero-order valence-corrected chi connectivity index (χ0v) is 24.5. The molecule has 0 aliphatic heterocycles. The molecule has 41 heavy (non-hydrogen) atoms. The van der Waals surface area contributed by atoms with E-state index in [4.69, 9.17) is 4.74 Å². The SMILES string of the molecule is C=CC(=O)Nc1cc(Nc2ncc(C(=O)O)c(-c3cn(C)c4ccccc34)n2)c(OC)cc1N(C)CCN(C)C.Cl. The van der Waals surface area contributed by atoms with Gasteiger partial charge in [0.2, 0.25) is 11.9 Å². The third-order valence-electron chi connectivity index (χ3n) is 6.47. The first kappa shape index (κ1) is 30.9. The van der Waals surface area contributed by atoms with Gasteiger partial charge in [-0.3, -0.25) is 4.79 Å². The highest BCUT2D eigenvalue weighted by Crippen LogP contribution is 2.38. The Hall–Kier alpha value is -4.61. The second kappa shape index (κ2) is 13.2. The Labute approximate surface area is 244 Å². The summed E-state index contributed by atoms with van der Waals surface area (Å²) in [6.07, 6.45) is 4.33. The summed E-state index contributed by atoms with van der Waals surface area (Å²) >= 11 is 0. The monoisotopic (exact) mass is 579 g/mol. The number of anilines is 4. The second-order valence-electron chi connectivity index (χ2n) is 9.54. The number of methoxy groups -OCH3 is 1. The van der Waals surface area contributed by atoms with Crippen molar-refractivity contribution in [2.45, 2.75) is 0 Å². The van der Waals surface area contributed by atoms with Gasteiger partial charge in [0.25, 0.3) is 0 Å². The number of nitrogens with zero attached hydrogens (tertiary/aromatic N) is 5. The first-order valence-corrected chi connectivity index (χ1v) is 12.6. The van der Waals surface area contributed by atoms with Gasteiger partial charge in [0, 0.05) is 62.1 Å². The first-order chi connectivity index (χ1) is 19.1. The molecule has 0 atom stereocenters. The van der Waals surface area contributed by atoms with Crippen LogP contribution >= 0.6 is 12.4 Å². The number of aryl methyl sites for hydroxylation is 1. The van der Waals surface area contributed by atoms with Crippen LogP contribution in [-0.4, -0.2) is 77.8 Å². The summed E-state index contributed by atoms with van der Waals surface area (Å²) in [6, 6.07) is 11.2. The number of carboxylic acid groups (broad SMARTS) is 1. The van der Waals surface area contributed by atoms with E-state index in [0.29, 0.717) is 29.2 Å². The smallest absolute Gasteiger partial charge is 0.339 e. The van der Waals surface area contributed by atoms with Gasteiger partial charge in [0.15, 0.2) is 0 Å². The van der Waals surface area contributed by atoms with Crippen molar-refractivity contribution in [1.29, 1.82) is 0 Å². The lowest BCUT2D eigenvalue weighted by atomic mass is 10.1. The highest BCUT2D eigenvalue weighted by atomic mass is 35.5. The molecule has 0 saturated heterocycles. The number of hydrogen-bond donors (Lipinski definition) is 3. The topological polar surface area (TPSA) is 125 Å². The zero-order chi connectivity index (χ0) is 29.0. The minimum atomic E-state index is -1.13. The van der Waals surface area contributed by atoms with E-state index in [-0.39, 0.29) is 35.5 Å². The molecular formula is C29H34ClN7O4. The van der Waals surface area contributed by atoms with Gasteiger partial charge in [-0.15, -0.1) is 12.4 Å². The molecule has 1 amide bonds. The minimum absolute atomic E-state index is 0. The van der Waals surface area contributed by atoms with E-state index in [1.54, 1.807) is 13.2 Å². The average molecular weight is 580 g/mol. The maximum absolute atomic E-state index is 12.3. The van der Waals surface area contributed by atoms with Gasteiger partial charge in [-0.2, -0.15) is 0 Å². The van der Waals surface area contributed by atoms with Gasteiger partial charge >= 0.3 is 5.97 Å². The molecule has 0 fully saturated rings. The maximum Gasteiger partial charge on any atom is 0.339 e. The van der Waals surface area contributed by atoms with Crippen LogP contribution in [0.4, 0.5) is 23.0 Å². The Morgan fingerprint density at radius 3 is 2.54 bits per heavy atom. The van der Waals surface area contributed by atoms with Crippen LogP contribution < -0.4 is 20.3 Å². The number of benzene rings is 2. The third kappa shape index (κ3) is 6.76. The van der Waals surface area contributed by atoms with Crippen LogP contribution in [0.15, 0.2) is 61.4 Å². The molecule has 0 spiro atoms. The predicted octanol–water partition coefficient (Wildman–Crippen LogP) is 4.63. The molecule has 11 nitrogen and oxygen atoms in total. The molecule has 0 bridgehead atoms. The number of likely N-dealkylation sites (N-methyl/N-ethyl adjacent to an activating group) is 2. The summed E-state index contributed by atoms with van der Waals surface area (Å²) in [4.78, 5) is 37.3. The number of carbonyl (C=O) groups excluding carboxylic acids is 1. The Morgan fingerprint density at radius 1 is 1.15 bits per heavy atom. The molecule has 0 unspecified atom stereocenters. The summed E-state index contributed by atoms with van der Waals surface area (Å²) in [5, 5.41) is 16.8. The second-order valence-corrected chi connectivity index (χ2v) is 9.54. The van der Waals surface area contributed by atoms with Crippen molar-refractivity contribution in [3.05, 3.63) is 67.0 Å². The van der Waals surface area contributed by atoms with Crippen LogP contribution in [0.2, 0.25) is 0 Å². The largest absolute Gasteiger partial charge is 0.494 e. The summed E-state index contributed by atoms with van der Waals surface area (Å²) in [5.74, 6) is -0.841. The highest BCUT2D eigenvalue weighted by Gasteiger charge is 2.21. The molecule has 216 valence electrons. The van der Waals surface area contributed by atoms with Crippen molar-refractivity contribution >= 4 is 58.2 Å². The number of carbonyl (C=O) groups is 2. The molecule has 2 heterocycles. The fourth-order valence-electron chi connectivity index (χ4n) is 4.36. The van der Waals surface area contributed by atoms with E-state index in [2.05, 4.69) is 32.1 Å². The standard InChI is InChI=1S/C29H33N7O4.ClH/c1-7-26(37)31-21-14-22(25(40-6)15-24(21)35(4)13-12-34(2)3)32-29-30-16-19(28(38)39)27(33-29)20-17-36(5)23-11-9-8-10-18(20)23;/h7-11,14-17H,1,12-13H2,2-6H3,(H,31,37)(H,38,39)(H,30,32,33);1H. The van der Waals surface area contributed by atoms with E-state index < -0.39 is 5.97 Å². The van der Waals surface area contributed by atoms with Crippen molar-refractivity contribution in [2.24, 2.45) is 7.05 Å². The molecular weight excluding hydrogens is 546 g/mol. The van der Waals surface area contributed by atoms with Crippen LogP contribution in [0.1, 0.15) is 10.4 Å². The van der Waals surface area contributed by atoms with Crippen molar-refractivity contribution in [1.82, 2.24) is 19.4 Å². The predicted molar refractivity (Wildman–Crippen MR) is 165 cm³/mol. The molecule has 0 saturated carbocycles. The number of fused-ring (bicyclic) bond motifs is 1. The molecule has 3 N–H and O–H groups in total. The number of amides is 1. The van der Waals surface area contributed by atoms with Crippen molar-refractivity contribution < 1.29 is 19.4 Å². The van der Waals surface area contributed by atoms with Crippen LogP contribution in [0.5, 0.6) is 5.75 Å². The molecule has 2 aromatic carbocycles. The Morgan fingerprint density at radius 2 is 1.88 bits per heavy atom. The number of aromatic nitrogens is 3. The minimum Gasteiger partial charge on any atom is -0.494 e. The lowest BCUT2D eigenvalue weighted by Gasteiger charge is -2.26. The molecule has 4 aromatic rings. The van der Waals surface area contributed by atoms with Crippen molar-refractivity contribution in [2.75, 3.05) is 56.9 Å². The van der Waals surface area contributed by atoms with Crippen molar-refractivity contribution in [3.63, 3.8) is 0 Å². The van der Waals surface area contributed by atoms with Crippen molar-refractivity contribution in [3.8, 4) is 17.0 Å². The molecule has 4 rings (SSSR count). The van der Waals surface area contributed by atoms with Gasteiger partial charge in [-0.1, -0.05) is 24.8 Å². The molecule has 2 aromatic heterocycles. The van der Waals surface area contributed by atoms with E-state index in [9.17, 15) is 14.7 Å². The van der Waals surface area contributed by atoms with E-state index in [0.717, 1.165) is 23.1 Å². The fraction of sp³-hybridized carbons (Fsp3) is 0.241. The van der Waals surface area contributed by atoms with Gasteiger partial charge in [0.05, 0.1) is 29.9 Å². The Bertz CT molecular complexity index is 1590. The molecule has 0 radical (unpaired) electrons. The number of ether oxygens (including phenoxy) is 1. The lowest BCUT2D eigenvalue weighted by Crippen LogP contribution is -2.29. The number of para-hydroxylation sites is 1. The molecule has 12 heteroatoms. The number of aromatic carboxylic acids is 1. The van der Waals surface area contributed by atoms with Crippen LogP contribution in [0.25, 0.3) is 22.2 Å². The van der Waals surface area contributed by atoms with E-state index in [1.165, 1.54) is 12.3 Å². The van der Waals surface area contributed by atoms with E-state index in [1.807, 2.05) is 74.2 Å². The molecule has 0 aliphatic carbocycles. The number of rotatable bonds is 11. The number of carboxylic acids is 1. The fourth-order valence-corrected chi connectivity index (χ4v) is 4.36. The lowest BCUT2D eigenvalue weighted by molar-refractivity contribution is -0.111. The Kier molecular flexibility index (Phi) is 9.93. The van der Waals surface area contributed by atoms with Gasteiger partial charge in [-0.25, -0.2) is 14.8 Å². The van der Waals surface area contributed by atoms with E-state index >= 15 is 0 Å². The van der Waals surface area contributed by atoms with Gasteiger partial charge in [-0.05, 0) is 32.3 Å². The summed E-state index contributed by atoms with van der Waals surface area (Å²) < 4.78 is 7.60. The van der Waals surface area contributed by atoms with Crippen LogP contribution in [0, 0.1) is 0 Å². The third-order valence-corrected chi connectivity index (χ3v) is 6.47. The maximum atomic E-state index is 12.3. The van der Waals surface area contributed by atoms with Crippen LogP contribution in [0.3, 0.4) is 0 Å². The number of halogens is 1. The summed E-state index contributed by atoms with van der Waals surface area (Å²) in [6.45, 7) is 5.06. The van der Waals surface area contributed by atoms with Gasteiger partial charge in [0.1, 0.15) is 11.3 Å². The summed E-state index contributed by atoms with van der Waals surface area (Å²) in [5.41, 5.74) is 3.64. The average Bonchev–Trinajstić information content (AvgIpc) is 3.27.